The van der Waals surface area contributed by atoms with Crippen molar-refractivity contribution in [2.24, 2.45) is 13.0 Å². The highest BCUT2D eigenvalue weighted by Gasteiger charge is 2.38. The van der Waals surface area contributed by atoms with Crippen molar-refractivity contribution in [2.75, 3.05) is 6.61 Å². The summed E-state index contributed by atoms with van der Waals surface area (Å²) >= 11 is 1.55. The molecule has 0 bridgehead atoms. The molecule has 6 heteroatoms. The van der Waals surface area contributed by atoms with E-state index in [9.17, 15) is 9.59 Å². The van der Waals surface area contributed by atoms with Gasteiger partial charge in [-0.2, -0.15) is 0 Å². The Hall–Kier alpha value is -3.12. The van der Waals surface area contributed by atoms with Crippen molar-refractivity contribution in [3.63, 3.8) is 0 Å². The van der Waals surface area contributed by atoms with Gasteiger partial charge in [0.1, 0.15) is 4.83 Å². The van der Waals surface area contributed by atoms with Crippen LogP contribution in [0.5, 0.6) is 0 Å². The van der Waals surface area contributed by atoms with E-state index >= 15 is 0 Å². The summed E-state index contributed by atoms with van der Waals surface area (Å²) in [5, 5.41) is 5.74. The first-order valence-corrected chi connectivity index (χ1v) is 13.7. The molecule has 0 radical (unpaired) electrons. The van der Waals surface area contributed by atoms with Crippen molar-refractivity contribution in [3.8, 4) is 0 Å². The van der Waals surface area contributed by atoms with E-state index in [-0.39, 0.29) is 29.3 Å². The second kappa shape index (κ2) is 9.74. The van der Waals surface area contributed by atoms with E-state index in [1.165, 1.54) is 10.9 Å². The van der Waals surface area contributed by atoms with Crippen LogP contribution in [0.1, 0.15) is 73.2 Å². The van der Waals surface area contributed by atoms with Crippen LogP contribution in [0.15, 0.2) is 54.6 Å². The number of nitrogens with one attached hydrogen (secondary N) is 1. The Bertz CT molecular complexity index is 1410. The van der Waals surface area contributed by atoms with E-state index < -0.39 is 0 Å². The van der Waals surface area contributed by atoms with Gasteiger partial charge in [0, 0.05) is 23.3 Å². The van der Waals surface area contributed by atoms with Crippen LogP contribution in [-0.4, -0.2) is 23.1 Å². The van der Waals surface area contributed by atoms with E-state index in [1.807, 2.05) is 51.1 Å². The van der Waals surface area contributed by atoms with Gasteiger partial charge >= 0.3 is 5.97 Å². The monoisotopic (exact) mass is 502 g/mol. The molecule has 1 unspecified atom stereocenters. The molecule has 1 aliphatic rings. The molecule has 2 aromatic carbocycles. The summed E-state index contributed by atoms with van der Waals surface area (Å²) in [6.45, 7) is 6.30. The van der Waals surface area contributed by atoms with Gasteiger partial charge in [0.05, 0.1) is 22.9 Å². The van der Waals surface area contributed by atoms with Crippen LogP contribution in [0, 0.1) is 5.92 Å². The molecule has 1 aliphatic carbocycles. The van der Waals surface area contributed by atoms with Crippen molar-refractivity contribution < 1.29 is 14.3 Å². The highest BCUT2D eigenvalue weighted by Crippen LogP contribution is 2.41. The molecule has 1 atom stereocenters. The third-order valence-corrected chi connectivity index (χ3v) is 8.85. The summed E-state index contributed by atoms with van der Waals surface area (Å²) in [5.41, 5.74) is 2.86. The minimum Gasteiger partial charge on any atom is -0.466 e. The minimum atomic E-state index is -0.384. The number of para-hydroxylation sites is 1. The number of hydrogen-bond acceptors (Lipinski definition) is 4. The molecule has 1 amide bonds. The molecule has 0 spiro atoms. The minimum absolute atomic E-state index is 0.0159. The number of esters is 1. The van der Waals surface area contributed by atoms with Gasteiger partial charge in [-0.25, -0.2) is 0 Å². The predicted molar refractivity (Wildman–Crippen MR) is 147 cm³/mol. The molecule has 188 valence electrons. The molecule has 2 aromatic heterocycles. The molecule has 2 heterocycles. The van der Waals surface area contributed by atoms with Crippen molar-refractivity contribution in [1.82, 2.24) is 9.88 Å². The Morgan fingerprint density at radius 3 is 2.42 bits per heavy atom. The maximum Gasteiger partial charge on any atom is 0.313 e. The summed E-state index contributed by atoms with van der Waals surface area (Å²) in [6, 6.07) is 18.6. The van der Waals surface area contributed by atoms with Crippen molar-refractivity contribution >= 4 is 44.3 Å². The number of amides is 1. The first-order chi connectivity index (χ1) is 17.3. The van der Waals surface area contributed by atoms with Crippen molar-refractivity contribution in [2.45, 2.75) is 57.9 Å². The van der Waals surface area contributed by atoms with Gasteiger partial charge in [-0.3, -0.25) is 9.59 Å². The first-order valence-electron chi connectivity index (χ1n) is 12.9. The van der Waals surface area contributed by atoms with Gasteiger partial charge in [-0.15, -0.1) is 11.3 Å². The molecular weight excluding hydrogens is 468 g/mol. The summed E-state index contributed by atoms with van der Waals surface area (Å²) in [5.74, 6) is -0.347. The van der Waals surface area contributed by atoms with Gasteiger partial charge in [0.25, 0.3) is 5.91 Å². The quantitative estimate of drug-likeness (QED) is 0.280. The molecular formula is C30H34N2O3S. The molecule has 1 saturated carbocycles. The zero-order chi connectivity index (χ0) is 25.4. The number of aryl methyl sites for hydroxylation is 1. The lowest BCUT2D eigenvalue weighted by Crippen LogP contribution is -2.43. The fourth-order valence-electron chi connectivity index (χ4n) is 5.82. The number of carbonyl (C=O) groups is 2. The van der Waals surface area contributed by atoms with Gasteiger partial charge in [-0.05, 0) is 48.9 Å². The highest BCUT2D eigenvalue weighted by molar-refractivity contribution is 7.20. The molecule has 5 rings (SSSR count). The maximum atomic E-state index is 13.5. The van der Waals surface area contributed by atoms with Crippen LogP contribution >= 0.6 is 11.3 Å². The van der Waals surface area contributed by atoms with Crippen LogP contribution < -0.4 is 5.32 Å². The third kappa shape index (κ3) is 4.21. The summed E-state index contributed by atoms with van der Waals surface area (Å²) < 4.78 is 7.50. The molecule has 0 aliphatic heterocycles. The number of hydrogen-bond donors (Lipinski definition) is 1. The van der Waals surface area contributed by atoms with Gasteiger partial charge < -0.3 is 14.6 Å². The van der Waals surface area contributed by atoms with E-state index in [0.29, 0.717) is 6.61 Å². The second-order valence-corrected chi connectivity index (χ2v) is 11.3. The maximum absolute atomic E-state index is 13.5. The zero-order valence-electron chi connectivity index (χ0n) is 21.5. The van der Waals surface area contributed by atoms with Crippen LogP contribution in [0.25, 0.3) is 21.1 Å². The fourth-order valence-corrected chi connectivity index (χ4v) is 6.86. The number of nitrogens with zero attached hydrogens (tertiary/aromatic N) is 1. The van der Waals surface area contributed by atoms with Crippen LogP contribution in [0.3, 0.4) is 0 Å². The topological polar surface area (TPSA) is 60.3 Å². The second-order valence-electron chi connectivity index (χ2n) is 10.2. The van der Waals surface area contributed by atoms with E-state index in [0.717, 1.165) is 51.9 Å². The average Bonchev–Trinajstić information content (AvgIpc) is 3.57. The smallest absolute Gasteiger partial charge is 0.313 e. The lowest BCUT2D eigenvalue weighted by Gasteiger charge is -2.31. The normalized spacial score (nSPS) is 16.0. The highest BCUT2D eigenvalue weighted by atomic mass is 32.1. The SMILES string of the molecule is CCOC(=O)C(c1ccc(C2(NC(=O)c3cc4c5ccccc5n(C)c4s3)CCCC2)cc1)C(C)C. The average molecular weight is 503 g/mol. The zero-order valence-corrected chi connectivity index (χ0v) is 22.3. The molecule has 4 aromatic rings. The Labute approximate surface area is 216 Å². The number of rotatable bonds is 7. The van der Waals surface area contributed by atoms with Crippen LogP contribution in [-0.2, 0) is 22.1 Å². The number of thiophene rings is 1. The standard InChI is InChI=1S/C30H34N2O3S/c1-5-35-29(34)26(19(2)3)20-12-14-21(15-13-20)30(16-8-9-17-30)31-27(33)25-18-23-22-10-6-7-11-24(22)32(4)28(23)36-25/h6-7,10-15,18-19,26H,5,8-9,16-17H2,1-4H3,(H,31,33). The van der Waals surface area contributed by atoms with Crippen LogP contribution in [0.2, 0.25) is 0 Å². The van der Waals surface area contributed by atoms with Crippen LogP contribution in [0.4, 0.5) is 0 Å². The van der Waals surface area contributed by atoms with Gasteiger partial charge in [0.15, 0.2) is 0 Å². The van der Waals surface area contributed by atoms with Crippen molar-refractivity contribution in [3.05, 3.63) is 70.6 Å². The van der Waals surface area contributed by atoms with Crippen molar-refractivity contribution in [1.29, 1.82) is 0 Å². The fraction of sp³-hybridized carbons (Fsp3) is 0.400. The molecule has 36 heavy (non-hydrogen) atoms. The van der Waals surface area contributed by atoms with E-state index in [2.05, 4.69) is 41.2 Å². The Morgan fingerprint density at radius 2 is 1.75 bits per heavy atom. The number of ether oxygens (including phenoxy) is 1. The Morgan fingerprint density at radius 1 is 1.06 bits per heavy atom. The number of carbonyl (C=O) groups excluding carboxylic acids is 2. The predicted octanol–water partition coefficient (Wildman–Crippen LogP) is 6.90. The first kappa shape index (κ1) is 24.6. The lowest BCUT2D eigenvalue weighted by atomic mass is 9.84. The summed E-state index contributed by atoms with van der Waals surface area (Å²) in [4.78, 5) is 28.0. The van der Waals surface area contributed by atoms with E-state index in [4.69, 9.17) is 4.74 Å². The van der Waals surface area contributed by atoms with Gasteiger partial charge in [-0.1, -0.05) is 69.2 Å². The lowest BCUT2D eigenvalue weighted by molar-refractivity contribution is -0.146. The molecule has 1 fully saturated rings. The molecule has 1 N–H and O–H groups in total. The molecule has 0 saturated heterocycles. The van der Waals surface area contributed by atoms with Gasteiger partial charge in [0.2, 0.25) is 0 Å². The largest absolute Gasteiger partial charge is 0.466 e. The number of aromatic nitrogens is 1. The summed E-state index contributed by atoms with van der Waals surface area (Å²) in [7, 11) is 2.06. The molecule has 5 nitrogen and oxygen atoms in total. The van der Waals surface area contributed by atoms with E-state index in [1.54, 1.807) is 11.3 Å². The number of fused-ring (bicyclic) bond motifs is 3. The number of benzene rings is 2. The third-order valence-electron chi connectivity index (χ3n) is 7.64. The Kier molecular flexibility index (Phi) is 6.64. The summed E-state index contributed by atoms with van der Waals surface area (Å²) in [6.07, 6.45) is 3.99. The Balaban J connectivity index is 1.43.